The molecule has 0 unspecified atom stereocenters. The number of terminal acetylenes is 1. The summed E-state index contributed by atoms with van der Waals surface area (Å²) in [6.45, 7) is 4.38. The molecule has 0 saturated heterocycles. The summed E-state index contributed by atoms with van der Waals surface area (Å²) in [6.07, 6.45) is 7.50. The van der Waals surface area contributed by atoms with Crippen molar-refractivity contribution in [1.29, 1.82) is 0 Å². The Morgan fingerprint density at radius 3 is 2.54 bits per heavy atom. The van der Waals surface area contributed by atoms with Gasteiger partial charge < -0.3 is 5.32 Å². The van der Waals surface area contributed by atoms with E-state index in [0.29, 0.717) is 6.54 Å². The van der Waals surface area contributed by atoms with Crippen molar-refractivity contribution in [3.63, 3.8) is 0 Å². The lowest BCUT2D eigenvalue weighted by Crippen LogP contribution is -2.82. The maximum Gasteiger partial charge on any atom is 0.137 e. The van der Waals surface area contributed by atoms with Crippen LogP contribution in [0.2, 0.25) is 0 Å². The van der Waals surface area contributed by atoms with Crippen molar-refractivity contribution >= 4 is 0 Å². The van der Waals surface area contributed by atoms with E-state index in [1.165, 1.54) is 16.7 Å². The Bertz CT molecular complexity index is 824. The fourth-order valence-corrected chi connectivity index (χ4v) is 2.73. The van der Waals surface area contributed by atoms with Gasteiger partial charge in [-0.3, -0.25) is 4.68 Å². The molecular formula is C21H22N3+. The van der Waals surface area contributed by atoms with Gasteiger partial charge in [-0.15, -0.1) is 6.42 Å². The molecule has 1 heterocycles. The van der Waals surface area contributed by atoms with Gasteiger partial charge >= 0.3 is 0 Å². The summed E-state index contributed by atoms with van der Waals surface area (Å²) in [5.74, 6) is 2.67. The second kappa shape index (κ2) is 7.63. The van der Waals surface area contributed by atoms with E-state index >= 15 is 0 Å². The number of rotatable bonds is 6. The van der Waals surface area contributed by atoms with Crippen LogP contribution in [0.25, 0.3) is 11.3 Å². The van der Waals surface area contributed by atoms with E-state index < -0.39 is 0 Å². The number of nitrogens with two attached hydrogens (primary N) is 1. The lowest BCUT2D eigenvalue weighted by Gasteiger charge is -2.02. The average Bonchev–Trinajstić information content (AvgIpc) is 2.99. The molecule has 24 heavy (non-hydrogen) atoms. The summed E-state index contributed by atoms with van der Waals surface area (Å²) < 4.78 is 2.02. The molecule has 0 radical (unpaired) electrons. The zero-order chi connectivity index (χ0) is 16.8. The Morgan fingerprint density at radius 1 is 1.08 bits per heavy atom. The van der Waals surface area contributed by atoms with Crippen LogP contribution in [0.5, 0.6) is 0 Å². The maximum absolute atomic E-state index is 5.36. The molecule has 120 valence electrons. The molecule has 0 amide bonds. The van der Waals surface area contributed by atoms with E-state index in [1.54, 1.807) is 0 Å². The quantitative estimate of drug-likeness (QED) is 0.550. The van der Waals surface area contributed by atoms with Gasteiger partial charge in [-0.1, -0.05) is 60.2 Å². The van der Waals surface area contributed by atoms with Gasteiger partial charge in [0, 0.05) is 11.8 Å². The Labute approximate surface area is 143 Å². The second-order valence-electron chi connectivity index (χ2n) is 5.95. The van der Waals surface area contributed by atoms with E-state index in [2.05, 4.69) is 72.9 Å². The van der Waals surface area contributed by atoms with Crippen molar-refractivity contribution in [2.24, 2.45) is 0 Å². The van der Waals surface area contributed by atoms with E-state index in [4.69, 9.17) is 11.5 Å². The van der Waals surface area contributed by atoms with Gasteiger partial charge in [0.15, 0.2) is 0 Å². The Kier molecular flexibility index (Phi) is 5.10. The van der Waals surface area contributed by atoms with Crippen LogP contribution in [0.4, 0.5) is 0 Å². The molecule has 0 aliphatic carbocycles. The van der Waals surface area contributed by atoms with Gasteiger partial charge in [0.25, 0.3) is 0 Å². The molecule has 0 aliphatic rings. The highest BCUT2D eigenvalue weighted by Crippen LogP contribution is 2.22. The number of hydrogen-bond donors (Lipinski definition) is 1. The third-order valence-electron chi connectivity index (χ3n) is 3.98. The number of benzene rings is 2. The minimum absolute atomic E-state index is 0.678. The minimum atomic E-state index is 0.678. The van der Waals surface area contributed by atoms with Gasteiger partial charge in [-0.2, -0.15) is 5.10 Å². The smallest absolute Gasteiger partial charge is 0.137 e. The monoisotopic (exact) mass is 316 g/mol. The molecule has 3 nitrogen and oxygen atoms in total. The number of aryl methyl sites for hydroxylation is 1. The van der Waals surface area contributed by atoms with Gasteiger partial charge in [-0.05, 0) is 18.4 Å². The van der Waals surface area contributed by atoms with Crippen molar-refractivity contribution in [3.05, 3.63) is 77.5 Å². The summed E-state index contributed by atoms with van der Waals surface area (Å²) in [5.41, 5.74) is 5.90. The topological polar surface area (TPSA) is 34.4 Å². The zero-order valence-corrected chi connectivity index (χ0v) is 13.9. The normalized spacial score (nSPS) is 10.5. The van der Waals surface area contributed by atoms with Crippen LogP contribution in [0.15, 0.2) is 60.8 Å². The van der Waals surface area contributed by atoms with Crippen LogP contribution in [0.1, 0.15) is 16.7 Å². The lowest BCUT2D eigenvalue weighted by atomic mass is 10.1. The highest BCUT2D eigenvalue weighted by Gasteiger charge is 2.12. The number of nitrogens with zero attached hydrogens (tertiary/aromatic N) is 2. The second-order valence-corrected chi connectivity index (χ2v) is 5.95. The van der Waals surface area contributed by atoms with Gasteiger partial charge in [0.2, 0.25) is 0 Å². The first kappa shape index (κ1) is 16.0. The summed E-state index contributed by atoms with van der Waals surface area (Å²) in [4.78, 5) is 0. The van der Waals surface area contributed by atoms with Crippen LogP contribution in [-0.2, 0) is 13.1 Å². The first-order valence-electron chi connectivity index (χ1n) is 8.18. The van der Waals surface area contributed by atoms with Crippen molar-refractivity contribution in [2.45, 2.75) is 20.0 Å². The third kappa shape index (κ3) is 3.92. The lowest BCUT2D eigenvalue weighted by molar-refractivity contribution is -0.660. The fourth-order valence-electron chi connectivity index (χ4n) is 2.73. The molecule has 3 heteroatoms. The van der Waals surface area contributed by atoms with Crippen LogP contribution >= 0.6 is 0 Å². The van der Waals surface area contributed by atoms with E-state index in [1.807, 2.05) is 10.7 Å². The van der Waals surface area contributed by atoms with Crippen LogP contribution in [-0.4, -0.2) is 16.3 Å². The van der Waals surface area contributed by atoms with Crippen molar-refractivity contribution in [3.8, 4) is 23.6 Å². The fraction of sp³-hybridized carbons (Fsp3) is 0.190. The molecule has 2 N–H and O–H groups in total. The molecule has 0 atom stereocenters. The summed E-state index contributed by atoms with van der Waals surface area (Å²) in [7, 11) is 0. The van der Waals surface area contributed by atoms with E-state index in [-0.39, 0.29) is 0 Å². The predicted molar refractivity (Wildman–Crippen MR) is 97.3 cm³/mol. The molecule has 0 spiro atoms. The SMILES string of the molecule is C#CC[NH2+]Cc1cn(Cc2ccccc2)nc1-c1ccc(C)cc1. The van der Waals surface area contributed by atoms with E-state index in [0.717, 1.165) is 24.3 Å². The molecule has 0 bridgehead atoms. The number of aromatic nitrogens is 2. The summed E-state index contributed by atoms with van der Waals surface area (Å²) in [6, 6.07) is 18.9. The highest BCUT2D eigenvalue weighted by atomic mass is 15.3. The van der Waals surface area contributed by atoms with Crippen molar-refractivity contribution in [2.75, 3.05) is 6.54 Å². The molecule has 3 aromatic rings. The molecular weight excluding hydrogens is 294 g/mol. The Balaban J connectivity index is 1.89. The van der Waals surface area contributed by atoms with Crippen LogP contribution in [0, 0.1) is 19.3 Å². The summed E-state index contributed by atoms with van der Waals surface area (Å²) in [5, 5.41) is 6.96. The highest BCUT2D eigenvalue weighted by molar-refractivity contribution is 5.62. The zero-order valence-electron chi connectivity index (χ0n) is 13.9. The maximum atomic E-state index is 5.36. The predicted octanol–water partition coefficient (Wildman–Crippen LogP) is 2.60. The van der Waals surface area contributed by atoms with Crippen LogP contribution in [0.3, 0.4) is 0 Å². The van der Waals surface area contributed by atoms with Gasteiger partial charge in [0.1, 0.15) is 18.8 Å². The van der Waals surface area contributed by atoms with Gasteiger partial charge in [0.05, 0.1) is 12.1 Å². The Hall–Kier alpha value is -2.83. The molecule has 0 aliphatic heterocycles. The van der Waals surface area contributed by atoms with E-state index in [9.17, 15) is 0 Å². The summed E-state index contributed by atoms with van der Waals surface area (Å²) >= 11 is 0. The molecule has 0 saturated carbocycles. The average molecular weight is 316 g/mol. The Morgan fingerprint density at radius 2 is 1.83 bits per heavy atom. The van der Waals surface area contributed by atoms with Gasteiger partial charge in [-0.25, -0.2) is 0 Å². The third-order valence-corrected chi connectivity index (χ3v) is 3.98. The molecule has 2 aromatic carbocycles. The van der Waals surface area contributed by atoms with Crippen molar-refractivity contribution in [1.82, 2.24) is 9.78 Å². The standard InChI is InChI=1S/C21H21N3/c1-3-13-22-14-20-16-24(15-18-7-5-4-6-8-18)23-21(20)19-11-9-17(2)10-12-19/h1,4-12,16,22H,13-15H2,2H3/p+1. The first-order valence-corrected chi connectivity index (χ1v) is 8.18. The number of quaternary nitrogens is 1. The largest absolute Gasteiger partial charge is 0.332 e. The molecule has 3 rings (SSSR count). The first-order chi connectivity index (χ1) is 11.8. The number of hydrogen-bond acceptors (Lipinski definition) is 1. The minimum Gasteiger partial charge on any atom is -0.332 e. The molecule has 1 aromatic heterocycles. The molecule has 0 fully saturated rings. The van der Waals surface area contributed by atoms with Crippen LogP contribution < -0.4 is 5.32 Å². The van der Waals surface area contributed by atoms with Crippen molar-refractivity contribution < 1.29 is 5.32 Å².